The van der Waals surface area contributed by atoms with Crippen molar-refractivity contribution in [3.8, 4) is 40.2 Å². The lowest BCUT2D eigenvalue weighted by atomic mass is 9.93. The number of carbonyl (C=O) groups excluding carboxylic acids is 1. The molecule has 0 bridgehead atoms. The number of nitriles is 1. The number of nitrogens with one attached hydrogen (secondary N) is 3. The second-order valence-electron chi connectivity index (χ2n) is 17.2. The van der Waals surface area contributed by atoms with Crippen molar-refractivity contribution in [2.75, 3.05) is 68.1 Å². The summed E-state index contributed by atoms with van der Waals surface area (Å²) >= 11 is 6.15. The van der Waals surface area contributed by atoms with E-state index in [0.717, 1.165) is 57.4 Å². The van der Waals surface area contributed by atoms with Crippen LogP contribution in [0.1, 0.15) is 61.5 Å². The number of carbonyl (C=O) groups is 1. The number of nitrogens with zero attached hydrogens (tertiary/aromatic N) is 5. The van der Waals surface area contributed by atoms with E-state index in [-0.39, 0.29) is 41.2 Å². The Labute approximate surface area is 417 Å². The number of halogens is 1. The van der Waals surface area contributed by atoms with Gasteiger partial charge >= 0.3 is 0 Å². The first kappa shape index (κ1) is 50.7. The SMILES string of the molecule is CCS(=O)(=O)Nc1ccc(Oc2cccc(OCCOCCOCCOC3CCN(c4ccc(C(=O)N[C@H]5CC[C@H](Oc6ccc(C#N)c(Cl)c6)CC5)nn4)CC3)c2)c(-c2cn(C)c(=O)c3[nH]ccc23)c1. The van der Waals surface area contributed by atoms with E-state index in [9.17, 15) is 18.0 Å². The Morgan fingerprint density at radius 3 is 2.34 bits per heavy atom. The minimum absolute atomic E-state index is 0.0120. The molecule has 0 unspecified atom stereocenters. The highest BCUT2D eigenvalue weighted by Gasteiger charge is 2.26. The molecule has 1 amide bonds. The number of hydrogen-bond acceptors (Lipinski definition) is 14. The van der Waals surface area contributed by atoms with Gasteiger partial charge in [-0.1, -0.05) is 17.7 Å². The molecule has 1 saturated heterocycles. The van der Waals surface area contributed by atoms with Crippen molar-refractivity contribution >= 4 is 49.9 Å². The highest BCUT2D eigenvalue weighted by Crippen LogP contribution is 2.39. The zero-order valence-electron chi connectivity index (χ0n) is 39.6. The normalized spacial score (nSPS) is 16.3. The molecule has 18 nitrogen and oxygen atoms in total. The summed E-state index contributed by atoms with van der Waals surface area (Å²) < 4.78 is 64.9. The molecule has 1 aliphatic carbocycles. The van der Waals surface area contributed by atoms with Crippen molar-refractivity contribution in [2.24, 2.45) is 7.05 Å². The number of benzene rings is 3. The van der Waals surface area contributed by atoms with Gasteiger partial charge in [-0.25, -0.2) is 8.42 Å². The van der Waals surface area contributed by atoms with Gasteiger partial charge in [-0.3, -0.25) is 14.3 Å². The predicted octanol–water partition coefficient (Wildman–Crippen LogP) is 7.62. The Morgan fingerprint density at radius 1 is 0.845 bits per heavy atom. The maximum Gasteiger partial charge on any atom is 0.274 e. The zero-order valence-corrected chi connectivity index (χ0v) is 41.2. The van der Waals surface area contributed by atoms with Crippen molar-refractivity contribution in [2.45, 2.75) is 63.7 Å². The van der Waals surface area contributed by atoms with Crippen LogP contribution in [-0.2, 0) is 31.3 Å². The maximum absolute atomic E-state index is 13.0. The fraction of sp³-hybridized carbons (Fsp3) is 0.392. The molecule has 0 spiro atoms. The molecule has 6 aromatic rings. The molecule has 3 aromatic carbocycles. The van der Waals surface area contributed by atoms with Gasteiger partial charge < -0.3 is 48.2 Å². The van der Waals surface area contributed by atoms with Crippen LogP contribution < -0.4 is 34.7 Å². The molecule has 1 saturated carbocycles. The fourth-order valence-electron chi connectivity index (χ4n) is 8.50. The van der Waals surface area contributed by atoms with E-state index in [2.05, 4.69) is 36.2 Å². The van der Waals surface area contributed by atoms with Gasteiger partial charge in [0, 0.05) is 72.9 Å². The van der Waals surface area contributed by atoms with Crippen LogP contribution in [-0.4, -0.2) is 111 Å². The minimum Gasteiger partial charge on any atom is -0.491 e. The van der Waals surface area contributed by atoms with Gasteiger partial charge in [-0.15, -0.1) is 10.2 Å². The van der Waals surface area contributed by atoms with E-state index in [0.29, 0.717) is 101 Å². The third kappa shape index (κ3) is 13.6. The number of hydrogen-bond donors (Lipinski definition) is 3. The van der Waals surface area contributed by atoms with Crippen LogP contribution in [0.3, 0.4) is 0 Å². The summed E-state index contributed by atoms with van der Waals surface area (Å²) in [4.78, 5) is 31.0. The van der Waals surface area contributed by atoms with Crippen molar-refractivity contribution in [1.29, 1.82) is 5.26 Å². The number of rotatable bonds is 22. The average molecular weight is 1010 g/mol. The average Bonchev–Trinajstić information content (AvgIpc) is 3.88. The molecule has 20 heteroatoms. The lowest BCUT2D eigenvalue weighted by Crippen LogP contribution is -2.40. The van der Waals surface area contributed by atoms with Gasteiger partial charge in [0.25, 0.3) is 11.5 Å². The first-order chi connectivity index (χ1) is 34.4. The molecular formula is C51H57ClN8O10S. The Bertz CT molecular complexity index is 2980. The van der Waals surface area contributed by atoms with E-state index in [1.165, 1.54) is 4.57 Å². The molecule has 3 aromatic heterocycles. The summed E-state index contributed by atoms with van der Waals surface area (Å²) in [6, 6.07) is 24.7. The van der Waals surface area contributed by atoms with Crippen molar-refractivity contribution in [3.63, 3.8) is 0 Å². The number of aromatic nitrogens is 4. The molecule has 0 radical (unpaired) electrons. The van der Waals surface area contributed by atoms with E-state index in [4.69, 9.17) is 45.3 Å². The number of anilines is 2. The molecule has 374 valence electrons. The molecule has 8 rings (SSSR count). The summed E-state index contributed by atoms with van der Waals surface area (Å²) in [5, 5.41) is 21.8. The number of ether oxygens (including phenoxy) is 6. The predicted molar refractivity (Wildman–Crippen MR) is 269 cm³/mol. The summed E-state index contributed by atoms with van der Waals surface area (Å²) in [5.74, 6) is 2.56. The van der Waals surface area contributed by atoms with Crippen molar-refractivity contribution in [3.05, 3.63) is 118 Å². The standard InChI is InChI=1S/C51H57ClN8O10S/c1-3-71(63,64)58-36-10-15-47(43(29-36)44-33-59(2)51(62)49-42(44)17-20-54-49)70-40-6-4-5-39(30-40)68-28-26-66-24-23-65-25-27-67-37-18-21-60(22-19-37)48-16-14-46(56-57-48)50(61)55-35-8-12-38(13-9-35)69-41-11-7-34(32-53)45(52)31-41/h4-7,10-11,14-17,20,29-31,33,35,37-38,54,58H,3,8-9,12-13,18-19,21-28H2,1-2H3,(H,55,61)/t35-,38-. The number of pyridine rings is 1. The number of aromatic amines is 1. The van der Waals surface area contributed by atoms with Gasteiger partial charge in [0.2, 0.25) is 10.0 Å². The second kappa shape index (κ2) is 23.9. The molecule has 2 fully saturated rings. The van der Waals surface area contributed by atoms with Crippen molar-refractivity contribution in [1.82, 2.24) is 25.1 Å². The first-order valence-electron chi connectivity index (χ1n) is 23.7. The van der Waals surface area contributed by atoms with Gasteiger partial charge in [-0.05, 0) is 106 Å². The smallest absolute Gasteiger partial charge is 0.274 e. The number of amides is 1. The van der Waals surface area contributed by atoms with Gasteiger partial charge in [0.15, 0.2) is 11.5 Å². The molecular weight excluding hydrogens is 952 g/mol. The molecule has 0 atom stereocenters. The number of H-pyrrole nitrogens is 1. The minimum atomic E-state index is -3.55. The fourth-order valence-corrected chi connectivity index (χ4v) is 9.34. The van der Waals surface area contributed by atoms with Gasteiger partial charge in [0.1, 0.15) is 41.2 Å². The Balaban J connectivity index is 0.692. The summed E-state index contributed by atoms with van der Waals surface area (Å²) in [5.41, 5.74) is 2.56. The molecule has 2 aliphatic rings. The highest BCUT2D eigenvalue weighted by molar-refractivity contribution is 7.92. The van der Waals surface area contributed by atoms with E-state index in [1.807, 2.05) is 18.2 Å². The van der Waals surface area contributed by atoms with E-state index >= 15 is 0 Å². The largest absolute Gasteiger partial charge is 0.491 e. The van der Waals surface area contributed by atoms with Gasteiger partial charge in [0.05, 0.1) is 61.6 Å². The van der Waals surface area contributed by atoms with E-state index < -0.39 is 10.0 Å². The quantitative estimate of drug-likeness (QED) is 0.0557. The summed E-state index contributed by atoms with van der Waals surface area (Å²) in [6.07, 6.45) is 8.30. The summed E-state index contributed by atoms with van der Waals surface area (Å²) in [7, 11) is -1.89. The molecule has 71 heavy (non-hydrogen) atoms. The third-order valence-electron chi connectivity index (χ3n) is 12.3. The molecule has 1 aliphatic heterocycles. The Morgan fingerprint density at radius 2 is 1.61 bits per heavy atom. The topological polar surface area (TPSA) is 221 Å². The lowest BCUT2D eigenvalue weighted by Gasteiger charge is -2.32. The lowest BCUT2D eigenvalue weighted by molar-refractivity contribution is -0.0198. The molecule has 3 N–H and O–H groups in total. The van der Waals surface area contributed by atoms with Crippen LogP contribution in [0, 0.1) is 11.3 Å². The van der Waals surface area contributed by atoms with Crippen LogP contribution >= 0.6 is 11.6 Å². The van der Waals surface area contributed by atoms with Crippen LogP contribution in [0.25, 0.3) is 22.0 Å². The maximum atomic E-state index is 13.0. The van der Waals surface area contributed by atoms with E-state index in [1.54, 1.807) is 87.0 Å². The van der Waals surface area contributed by atoms with Crippen LogP contribution in [0.5, 0.6) is 23.0 Å². The number of piperidine rings is 1. The highest BCUT2D eigenvalue weighted by atomic mass is 35.5. The number of sulfonamides is 1. The first-order valence-corrected chi connectivity index (χ1v) is 25.7. The van der Waals surface area contributed by atoms with Crippen LogP contribution in [0.2, 0.25) is 5.02 Å². The van der Waals surface area contributed by atoms with Crippen LogP contribution in [0.15, 0.2) is 96.1 Å². The van der Waals surface area contributed by atoms with Gasteiger partial charge in [-0.2, -0.15) is 5.26 Å². The molecule has 4 heterocycles. The van der Waals surface area contributed by atoms with Crippen LogP contribution in [0.4, 0.5) is 11.5 Å². The van der Waals surface area contributed by atoms with Crippen molar-refractivity contribution < 1.29 is 41.6 Å². The third-order valence-corrected chi connectivity index (χ3v) is 13.9. The Hall–Kier alpha value is -6.69. The zero-order chi connectivity index (χ0) is 49.7. The Kier molecular flexibility index (Phi) is 17.1. The second-order valence-corrected chi connectivity index (χ2v) is 19.7. The number of aryl methyl sites for hydroxylation is 1. The number of fused-ring (bicyclic) bond motifs is 1. The monoisotopic (exact) mass is 1010 g/mol. The summed E-state index contributed by atoms with van der Waals surface area (Å²) in [6.45, 7) is 5.46.